The third-order valence-electron chi connectivity index (χ3n) is 4.61. The van der Waals surface area contributed by atoms with E-state index in [-0.39, 0.29) is 37.2 Å². The molecule has 2 amide bonds. The van der Waals surface area contributed by atoms with Gasteiger partial charge in [0.25, 0.3) is 0 Å². The van der Waals surface area contributed by atoms with Crippen molar-refractivity contribution in [1.82, 2.24) is 4.90 Å². The standard InChI is InChI=1S/C17H20N2O4/c1-18-9-16(21)19(10-15(18)20)14-5-3-2-4-12(14)13(8-17(22)23)11-6-7-11/h2-5,11,13H,6-10H2,1H3,(H,22,23). The maximum absolute atomic E-state index is 12.3. The van der Waals surface area contributed by atoms with Crippen molar-refractivity contribution in [1.29, 1.82) is 0 Å². The number of carboxylic acid groups (broad SMARTS) is 1. The number of hydrogen-bond donors (Lipinski definition) is 1. The predicted octanol–water partition coefficient (Wildman–Crippen LogP) is 1.46. The second-order valence-electron chi connectivity index (χ2n) is 6.33. The van der Waals surface area contributed by atoms with Crippen molar-refractivity contribution >= 4 is 23.5 Å². The molecule has 1 heterocycles. The fourth-order valence-electron chi connectivity index (χ4n) is 3.20. The Hall–Kier alpha value is -2.37. The third-order valence-corrected chi connectivity index (χ3v) is 4.61. The molecule has 0 bridgehead atoms. The molecule has 1 unspecified atom stereocenters. The second-order valence-corrected chi connectivity index (χ2v) is 6.33. The van der Waals surface area contributed by atoms with E-state index in [1.165, 1.54) is 9.80 Å². The van der Waals surface area contributed by atoms with Gasteiger partial charge in [-0.25, -0.2) is 0 Å². The zero-order valence-electron chi connectivity index (χ0n) is 13.1. The van der Waals surface area contributed by atoms with Gasteiger partial charge in [-0.05, 0) is 36.3 Å². The molecule has 0 spiro atoms. The van der Waals surface area contributed by atoms with E-state index in [0.29, 0.717) is 11.6 Å². The minimum atomic E-state index is -0.836. The molecule has 3 rings (SSSR count). The van der Waals surface area contributed by atoms with Crippen molar-refractivity contribution in [2.45, 2.75) is 25.2 Å². The number of hydrogen-bond acceptors (Lipinski definition) is 3. The van der Waals surface area contributed by atoms with E-state index in [1.54, 1.807) is 7.05 Å². The van der Waals surface area contributed by atoms with Gasteiger partial charge in [0.05, 0.1) is 13.0 Å². The van der Waals surface area contributed by atoms with Gasteiger partial charge < -0.3 is 14.9 Å². The van der Waals surface area contributed by atoms with E-state index >= 15 is 0 Å². The highest BCUT2D eigenvalue weighted by molar-refractivity contribution is 6.05. The Labute approximate surface area is 134 Å². The van der Waals surface area contributed by atoms with Crippen LogP contribution in [0.15, 0.2) is 24.3 Å². The van der Waals surface area contributed by atoms with Gasteiger partial charge in [-0.15, -0.1) is 0 Å². The highest BCUT2D eigenvalue weighted by Crippen LogP contribution is 2.47. The van der Waals surface area contributed by atoms with Gasteiger partial charge in [0.15, 0.2) is 0 Å². The molecule has 1 aromatic rings. The number of carbonyl (C=O) groups excluding carboxylic acids is 2. The van der Waals surface area contributed by atoms with Crippen LogP contribution in [0, 0.1) is 5.92 Å². The number of rotatable bonds is 5. The molecule has 6 nitrogen and oxygen atoms in total. The molecular weight excluding hydrogens is 296 g/mol. The zero-order valence-corrected chi connectivity index (χ0v) is 13.1. The Morgan fingerprint density at radius 2 is 1.91 bits per heavy atom. The number of para-hydroxylation sites is 1. The van der Waals surface area contributed by atoms with Crippen LogP contribution in [0.5, 0.6) is 0 Å². The smallest absolute Gasteiger partial charge is 0.303 e. The summed E-state index contributed by atoms with van der Waals surface area (Å²) in [6, 6.07) is 7.37. The molecule has 0 aromatic heterocycles. The Morgan fingerprint density at radius 3 is 2.57 bits per heavy atom. The van der Waals surface area contributed by atoms with Crippen molar-refractivity contribution < 1.29 is 19.5 Å². The molecule has 1 N–H and O–H groups in total. The molecule has 1 aliphatic heterocycles. The van der Waals surface area contributed by atoms with Crippen LogP contribution >= 0.6 is 0 Å². The van der Waals surface area contributed by atoms with Crippen molar-refractivity contribution in [3.05, 3.63) is 29.8 Å². The second kappa shape index (κ2) is 6.02. The highest BCUT2D eigenvalue weighted by atomic mass is 16.4. The minimum absolute atomic E-state index is 0.0107. The molecule has 2 aliphatic rings. The first kappa shape index (κ1) is 15.5. The van der Waals surface area contributed by atoms with Crippen LogP contribution in [-0.4, -0.2) is 47.9 Å². The lowest BCUT2D eigenvalue weighted by Crippen LogP contribution is -2.52. The summed E-state index contributed by atoms with van der Waals surface area (Å²) in [5, 5.41) is 9.21. The van der Waals surface area contributed by atoms with Gasteiger partial charge in [-0.3, -0.25) is 14.4 Å². The molecule has 1 saturated carbocycles. The largest absolute Gasteiger partial charge is 0.481 e. The number of anilines is 1. The van der Waals surface area contributed by atoms with Gasteiger partial charge in [0.2, 0.25) is 11.8 Å². The molecule has 1 aliphatic carbocycles. The van der Waals surface area contributed by atoms with E-state index in [0.717, 1.165) is 18.4 Å². The summed E-state index contributed by atoms with van der Waals surface area (Å²) in [4.78, 5) is 38.4. The van der Waals surface area contributed by atoms with Crippen molar-refractivity contribution in [2.24, 2.45) is 5.92 Å². The lowest BCUT2D eigenvalue weighted by atomic mass is 9.89. The zero-order chi connectivity index (χ0) is 16.6. The topological polar surface area (TPSA) is 77.9 Å². The van der Waals surface area contributed by atoms with Crippen LogP contribution in [-0.2, 0) is 14.4 Å². The number of aliphatic carboxylic acids is 1. The van der Waals surface area contributed by atoms with Crippen LogP contribution in [0.3, 0.4) is 0 Å². The molecule has 1 aromatic carbocycles. The van der Waals surface area contributed by atoms with Gasteiger partial charge in [0, 0.05) is 12.7 Å². The van der Waals surface area contributed by atoms with Gasteiger partial charge in [-0.1, -0.05) is 18.2 Å². The summed E-state index contributed by atoms with van der Waals surface area (Å²) < 4.78 is 0. The van der Waals surface area contributed by atoms with Crippen LogP contribution in [0.25, 0.3) is 0 Å². The summed E-state index contributed by atoms with van der Waals surface area (Å²) in [5.74, 6) is -0.834. The molecule has 0 radical (unpaired) electrons. The highest BCUT2D eigenvalue weighted by Gasteiger charge is 2.37. The van der Waals surface area contributed by atoms with Crippen molar-refractivity contribution in [3.8, 4) is 0 Å². The van der Waals surface area contributed by atoms with Crippen molar-refractivity contribution in [2.75, 3.05) is 25.0 Å². The van der Waals surface area contributed by atoms with Crippen LogP contribution in [0.4, 0.5) is 5.69 Å². The number of piperazine rings is 1. The molecule has 6 heteroatoms. The normalized spacial score (nSPS) is 19.9. The fraction of sp³-hybridized carbons (Fsp3) is 0.471. The summed E-state index contributed by atoms with van der Waals surface area (Å²) in [5.41, 5.74) is 1.54. The van der Waals surface area contributed by atoms with E-state index in [4.69, 9.17) is 0 Å². The van der Waals surface area contributed by atoms with Crippen LogP contribution < -0.4 is 4.90 Å². The third kappa shape index (κ3) is 3.21. The molecule has 122 valence electrons. The number of carboxylic acids is 1. The molecular formula is C17H20N2O4. The first-order valence-electron chi connectivity index (χ1n) is 7.82. The fourth-order valence-corrected chi connectivity index (χ4v) is 3.20. The number of benzene rings is 1. The molecule has 23 heavy (non-hydrogen) atoms. The maximum atomic E-state index is 12.3. The van der Waals surface area contributed by atoms with E-state index in [1.807, 2.05) is 24.3 Å². The molecule has 1 atom stereocenters. The summed E-state index contributed by atoms with van der Waals surface area (Å²) >= 11 is 0. The van der Waals surface area contributed by atoms with E-state index in [9.17, 15) is 19.5 Å². The Bertz CT molecular complexity index is 654. The molecule has 1 saturated heterocycles. The quantitative estimate of drug-likeness (QED) is 0.892. The lowest BCUT2D eigenvalue weighted by molar-refractivity contribution is -0.137. The van der Waals surface area contributed by atoms with E-state index < -0.39 is 5.97 Å². The number of carbonyl (C=O) groups is 3. The number of nitrogens with zero attached hydrogens (tertiary/aromatic N) is 2. The molecule has 2 fully saturated rings. The summed E-state index contributed by atoms with van der Waals surface area (Å²) in [6.45, 7) is 0.0665. The average Bonchev–Trinajstić information content (AvgIpc) is 3.33. The maximum Gasteiger partial charge on any atom is 0.303 e. The lowest BCUT2D eigenvalue weighted by Gasteiger charge is -2.34. The number of likely N-dealkylation sites (N-methyl/N-ethyl adjacent to an activating group) is 1. The van der Waals surface area contributed by atoms with Gasteiger partial charge >= 0.3 is 5.97 Å². The first-order chi connectivity index (χ1) is 11.0. The summed E-state index contributed by atoms with van der Waals surface area (Å²) in [7, 11) is 1.61. The van der Waals surface area contributed by atoms with Crippen LogP contribution in [0.1, 0.15) is 30.7 Å². The Morgan fingerprint density at radius 1 is 1.22 bits per heavy atom. The van der Waals surface area contributed by atoms with Gasteiger partial charge in [0.1, 0.15) is 6.54 Å². The average molecular weight is 316 g/mol. The predicted molar refractivity (Wildman–Crippen MR) is 84.1 cm³/mol. The first-order valence-corrected chi connectivity index (χ1v) is 7.82. The SMILES string of the molecule is CN1CC(=O)N(c2ccccc2C(CC(=O)O)C2CC2)CC1=O. The van der Waals surface area contributed by atoms with Crippen molar-refractivity contribution in [3.63, 3.8) is 0 Å². The monoisotopic (exact) mass is 316 g/mol. The van der Waals surface area contributed by atoms with Crippen LogP contribution in [0.2, 0.25) is 0 Å². The minimum Gasteiger partial charge on any atom is -0.481 e. The number of amides is 2. The Balaban J connectivity index is 1.95. The summed E-state index contributed by atoms with van der Waals surface area (Å²) in [6.07, 6.45) is 2.08. The Kier molecular flexibility index (Phi) is 4.07. The van der Waals surface area contributed by atoms with E-state index in [2.05, 4.69) is 0 Å². The van der Waals surface area contributed by atoms with Gasteiger partial charge in [-0.2, -0.15) is 0 Å².